The van der Waals surface area contributed by atoms with Crippen LogP contribution in [0.15, 0.2) is 34.5 Å². The van der Waals surface area contributed by atoms with Crippen molar-refractivity contribution in [1.29, 1.82) is 0 Å². The van der Waals surface area contributed by atoms with Crippen LogP contribution >= 0.6 is 11.3 Å². The Morgan fingerprint density at radius 2 is 1.90 bits per heavy atom. The van der Waals surface area contributed by atoms with Crippen molar-refractivity contribution in [3.63, 3.8) is 0 Å². The van der Waals surface area contributed by atoms with Crippen LogP contribution in [-0.4, -0.2) is 56.1 Å². The summed E-state index contributed by atoms with van der Waals surface area (Å²) >= 11 is 1.30. The molecular weight excluding hydrogens is 414 g/mol. The van der Waals surface area contributed by atoms with Crippen LogP contribution < -0.4 is 5.32 Å². The van der Waals surface area contributed by atoms with Gasteiger partial charge in [-0.25, -0.2) is 13.4 Å². The largest absolute Gasteiger partial charge is 0.466 e. The number of anilines is 2. The molecule has 1 fully saturated rings. The second-order valence-electron chi connectivity index (χ2n) is 6.78. The maximum Gasteiger partial charge on any atom is 0.309 e. The van der Waals surface area contributed by atoms with Crippen LogP contribution in [0.2, 0.25) is 0 Å². The maximum atomic E-state index is 12.7. The first kappa shape index (κ1) is 21.3. The predicted molar refractivity (Wildman–Crippen MR) is 110 cm³/mol. The highest BCUT2D eigenvalue weighted by Crippen LogP contribution is 2.25. The smallest absolute Gasteiger partial charge is 0.309 e. The molecule has 2 heterocycles. The van der Waals surface area contributed by atoms with Crippen LogP contribution in [0.5, 0.6) is 0 Å². The third kappa shape index (κ3) is 5.33. The molecule has 3 rings (SSSR count). The van der Waals surface area contributed by atoms with Crippen LogP contribution in [0, 0.1) is 5.92 Å². The molecule has 0 unspecified atom stereocenters. The lowest BCUT2D eigenvalue weighted by Gasteiger charge is -2.30. The summed E-state index contributed by atoms with van der Waals surface area (Å²) < 4.78 is 28.1. The third-order valence-electron chi connectivity index (χ3n) is 4.66. The van der Waals surface area contributed by atoms with Gasteiger partial charge in [0.1, 0.15) is 5.69 Å². The first-order valence-corrected chi connectivity index (χ1v) is 12.0. The minimum atomic E-state index is -3.24. The van der Waals surface area contributed by atoms with Crippen LogP contribution in [0.25, 0.3) is 0 Å². The van der Waals surface area contributed by atoms with Gasteiger partial charge in [-0.05, 0) is 44.0 Å². The number of thiazole rings is 1. The fourth-order valence-corrected chi connectivity index (χ4v) is 4.41. The topological polar surface area (TPSA) is 106 Å². The van der Waals surface area contributed by atoms with Crippen LogP contribution in [0.1, 0.15) is 30.3 Å². The highest BCUT2D eigenvalue weighted by atomic mass is 32.2. The van der Waals surface area contributed by atoms with E-state index in [0.717, 1.165) is 6.26 Å². The number of hydrogen-bond acceptors (Lipinski definition) is 8. The lowest BCUT2D eigenvalue weighted by molar-refractivity contribution is -0.149. The standard InChI is InChI=1S/C19H23N3O5S2/c1-3-27-18(24)13-8-10-22(11-9-13)17(23)16-12-28-19(21-16)20-14-4-6-15(7-5-14)29(2,25)26/h4-7,12-13H,3,8-11H2,1-2H3,(H,20,21). The maximum absolute atomic E-state index is 12.7. The number of aromatic nitrogens is 1. The molecule has 2 aromatic rings. The normalized spacial score (nSPS) is 15.2. The predicted octanol–water partition coefficient (Wildman–Crippen LogP) is 2.71. The molecule has 1 aromatic heterocycles. The van der Waals surface area contributed by atoms with Crippen molar-refractivity contribution in [2.24, 2.45) is 5.92 Å². The van der Waals surface area contributed by atoms with Gasteiger partial charge in [-0.2, -0.15) is 0 Å². The monoisotopic (exact) mass is 437 g/mol. The second kappa shape index (κ2) is 8.91. The Hall–Kier alpha value is -2.46. The van der Waals surface area contributed by atoms with Gasteiger partial charge in [0.15, 0.2) is 15.0 Å². The van der Waals surface area contributed by atoms with E-state index in [1.54, 1.807) is 29.3 Å². The molecule has 10 heteroatoms. The quantitative estimate of drug-likeness (QED) is 0.693. The lowest BCUT2D eigenvalue weighted by Crippen LogP contribution is -2.40. The SMILES string of the molecule is CCOC(=O)C1CCN(C(=O)c2csc(Nc3ccc(S(C)(=O)=O)cc3)n2)CC1. The Kier molecular flexibility index (Phi) is 6.53. The molecule has 0 radical (unpaired) electrons. The zero-order valence-corrected chi connectivity index (χ0v) is 17.9. The van der Waals surface area contributed by atoms with E-state index in [9.17, 15) is 18.0 Å². The zero-order valence-electron chi connectivity index (χ0n) is 16.3. The number of nitrogens with zero attached hydrogens (tertiary/aromatic N) is 2. The molecule has 0 aliphatic carbocycles. The molecule has 0 bridgehead atoms. The number of carbonyl (C=O) groups is 2. The summed E-state index contributed by atoms with van der Waals surface area (Å²) in [6.45, 7) is 3.14. The molecule has 1 aliphatic heterocycles. The number of benzene rings is 1. The van der Waals surface area contributed by atoms with Crippen molar-refractivity contribution in [3.05, 3.63) is 35.3 Å². The van der Waals surface area contributed by atoms with Crippen molar-refractivity contribution in [3.8, 4) is 0 Å². The van der Waals surface area contributed by atoms with Crippen molar-refractivity contribution < 1.29 is 22.7 Å². The number of rotatable bonds is 6. The lowest BCUT2D eigenvalue weighted by atomic mass is 9.97. The second-order valence-corrected chi connectivity index (χ2v) is 9.65. The van der Waals surface area contributed by atoms with Gasteiger partial charge in [0.2, 0.25) is 0 Å². The molecule has 156 valence electrons. The minimum Gasteiger partial charge on any atom is -0.466 e. The molecule has 0 saturated carbocycles. The Morgan fingerprint density at radius 3 is 2.48 bits per heavy atom. The van der Waals surface area contributed by atoms with Gasteiger partial charge in [0, 0.05) is 30.4 Å². The first-order valence-electron chi connectivity index (χ1n) is 9.26. The van der Waals surface area contributed by atoms with E-state index in [1.165, 1.54) is 23.5 Å². The van der Waals surface area contributed by atoms with Crippen LogP contribution in [0.3, 0.4) is 0 Å². The van der Waals surface area contributed by atoms with Gasteiger partial charge >= 0.3 is 5.97 Å². The molecule has 8 nitrogen and oxygen atoms in total. The van der Waals surface area contributed by atoms with E-state index >= 15 is 0 Å². The number of sulfone groups is 1. The van der Waals surface area contributed by atoms with Crippen molar-refractivity contribution in [1.82, 2.24) is 9.88 Å². The van der Waals surface area contributed by atoms with Gasteiger partial charge in [-0.15, -0.1) is 11.3 Å². The van der Waals surface area contributed by atoms with E-state index in [4.69, 9.17) is 4.74 Å². The van der Waals surface area contributed by atoms with E-state index in [2.05, 4.69) is 10.3 Å². The Balaban J connectivity index is 1.58. The van der Waals surface area contributed by atoms with E-state index in [0.29, 0.717) is 49.1 Å². The molecule has 1 amide bonds. The van der Waals surface area contributed by atoms with Gasteiger partial charge in [-0.3, -0.25) is 9.59 Å². The van der Waals surface area contributed by atoms with Gasteiger partial charge in [0.25, 0.3) is 5.91 Å². The zero-order chi connectivity index (χ0) is 21.0. The molecule has 1 saturated heterocycles. The Labute approximate surface area is 173 Å². The van der Waals surface area contributed by atoms with Gasteiger partial charge < -0.3 is 15.0 Å². The Bertz CT molecular complexity index is 978. The summed E-state index contributed by atoms with van der Waals surface area (Å²) in [5.41, 5.74) is 1.03. The highest BCUT2D eigenvalue weighted by molar-refractivity contribution is 7.90. The Morgan fingerprint density at radius 1 is 1.24 bits per heavy atom. The van der Waals surface area contributed by atoms with Gasteiger partial charge in [-0.1, -0.05) is 0 Å². The molecule has 1 aromatic carbocycles. The number of esters is 1. The molecule has 1 aliphatic rings. The number of ether oxygens (including phenoxy) is 1. The summed E-state index contributed by atoms with van der Waals surface area (Å²) in [4.78, 5) is 30.8. The third-order valence-corrected chi connectivity index (χ3v) is 6.55. The van der Waals surface area contributed by atoms with Crippen LogP contribution in [0.4, 0.5) is 10.8 Å². The number of piperidine rings is 1. The van der Waals surface area contributed by atoms with Crippen molar-refractivity contribution in [2.75, 3.05) is 31.3 Å². The minimum absolute atomic E-state index is 0.151. The van der Waals surface area contributed by atoms with Crippen molar-refractivity contribution >= 4 is 43.9 Å². The first-order chi connectivity index (χ1) is 13.8. The number of amides is 1. The summed E-state index contributed by atoms with van der Waals surface area (Å²) in [5, 5.41) is 5.31. The van der Waals surface area contributed by atoms with E-state index < -0.39 is 9.84 Å². The van der Waals surface area contributed by atoms with Crippen LogP contribution in [-0.2, 0) is 19.4 Å². The molecule has 0 atom stereocenters. The van der Waals surface area contributed by atoms with Gasteiger partial charge in [0.05, 0.1) is 17.4 Å². The van der Waals surface area contributed by atoms with E-state index in [-0.39, 0.29) is 22.7 Å². The number of hydrogen-bond donors (Lipinski definition) is 1. The average molecular weight is 438 g/mol. The average Bonchev–Trinajstić information content (AvgIpc) is 3.16. The molecular formula is C19H23N3O5S2. The number of likely N-dealkylation sites (tertiary alicyclic amines) is 1. The summed E-state index contributed by atoms with van der Waals surface area (Å²) in [5.74, 6) is -0.507. The molecule has 1 N–H and O–H groups in total. The molecule has 29 heavy (non-hydrogen) atoms. The number of carbonyl (C=O) groups excluding carboxylic acids is 2. The highest BCUT2D eigenvalue weighted by Gasteiger charge is 2.29. The van der Waals surface area contributed by atoms with E-state index in [1.807, 2.05) is 0 Å². The fraction of sp³-hybridized carbons (Fsp3) is 0.421. The summed E-state index contributed by atoms with van der Waals surface area (Å²) in [6.07, 6.45) is 2.34. The fourth-order valence-electron chi connectivity index (χ4n) is 3.08. The summed E-state index contributed by atoms with van der Waals surface area (Å²) in [7, 11) is -3.24. The summed E-state index contributed by atoms with van der Waals surface area (Å²) in [6, 6.07) is 6.34. The number of nitrogens with one attached hydrogen (secondary N) is 1. The van der Waals surface area contributed by atoms with Crippen molar-refractivity contribution in [2.45, 2.75) is 24.7 Å². The molecule has 0 spiro atoms.